The first-order chi connectivity index (χ1) is 16.7. The van der Waals surface area contributed by atoms with Gasteiger partial charge in [-0.25, -0.2) is 4.68 Å². The first-order valence-corrected chi connectivity index (χ1v) is 12.9. The predicted molar refractivity (Wildman–Crippen MR) is 131 cm³/mol. The lowest BCUT2D eigenvalue weighted by Gasteiger charge is -2.33. The largest absolute Gasteiger partial charge is 0.410 e. The molecule has 2 aliphatic rings. The number of carbonyl (C=O) groups is 1. The fourth-order valence-electron chi connectivity index (χ4n) is 4.58. The summed E-state index contributed by atoms with van der Waals surface area (Å²) in [6.07, 6.45) is -1.34. The first kappa shape index (κ1) is 24.2. The third-order valence-electron chi connectivity index (χ3n) is 6.29. The molecule has 0 fully saturated rings. The van der Waals surface area contributed by atoms with Crippen LogP contribution >= 0.6 is 38.9 Å². The standard InChI is InChI=1S/C23H18BrClF3N5OS/c24-12-7-5-11(6-8-12)15-9-17(23(26,27)28)33-20(30-15)18(25)19(32-33)21(34)31-22-14(10-29)13-3-1-2-4-16(13)35-22/h5-8,15,17,30H,1-4,9H2,(H,31,34)/t15-,17+/m1/s1. The van der Waals surface area contributed by atoms with Crippen molar-refractivity contribution < 1.29 is 18.0 Å². The van der Waals surface area contributed by atoms with E-state index in [9.17, 15) is 23.2 Å². The zero-order valence-corrected chi connectivity index (χ0v) is 21.2. The summed E-state index contributed by atoms with van der Waals surface area (Å²) in [6.45, 7) is 0. The Morgan fingerprint density at radius 1 is 1.29 bits per heavy atom. The molecular weight excluding hydrogens is 567 g/mol. The van der Waals surface area contributed by atoms with Gasteiger partial charge < -0.3 is 10.6 Å². The lowest BCUT2D eigenvalue weighted by molar-refractivity contribution is -0.173. The van der Waals surface area contributed by atoms with Gasteiger partial charge in [-0.05, 0) is 48.9 Å². The second kappa shape index (κ2) is 9.15. The van der Waals surface area contributed by atoms with Gasteiger partial charge in [0.25, 0.3) is 5.91 Å². The van der Waals surface area contributed by atoms with E-state index in [1.165, 1.54) is 11.3 Å². The van der Waals surface area contributed by atoms with Crippen molar-refractivity contribution in [3.05, 3.63) is 61.0 Å². The molecule has 182 valence electrons. The van der Waals surface area contributed by atoms with E-state index in [0.29, 0.717) is 16.1 Å². The quantitative estimate of drug-likeness (QED) is 0.347. The second-order valence-corrected chi connectivity index (χ2v) is 10.9. The van der Waals surface area contributed by atoms with E-state index in [1.807, 2.05) is 0 Å². The molecule has 0 spiro atoms. The van der Waals surface area contributed by atoms with Crippen LogP contribution in [0.2, 0.25) is 5.02 Å². The van der Waals surface area contributed by atoms with Crippen molar-refractivity contribution in [3.63, 3.8) is 0 Å². The molecule has 12 heteroatoms. The monoisotopic (exact) mass is 583 g/mol. The van der Waals surface area contributed by atoms with Gasteiger partial charge in [-0.1, -0.05) is 39.7 Å². The van der Waals surface area contributed by atoms with Crippen LogP contribution in [0.4, 0.5) is 24.0 Å². The van der Waals surface area contributed by atoms with E-state index in [-0.39, 0.29) is 23.0 Å². The summed E-state index contributed by atoms with van der Waals surface area (Å²) < 4.78 is 43.6. The summed E-state index contributed by atoms with van der Waals surface area (Å²) >= 11 is 11.1. The van der Waals surface area contributed by atoms with Crippen LogP contribution in [-0.4, -0.2) is 21.9 Å². The minimum absolute atomic E-state index is 0.0655. The lowest BCUT2D eigenvalue weighted by Crippen LogP contribution is -2.35. The van der Waals surface area contributed by atoms with Gasteiger partial charge in [-0.3, -0.25) is 4.79 Å². The van der Waals surface area contributed by atoms with Crippen molar-refractivity contribution in [2.24, 2.45) is 0 Å². The van der Waals surface area contributed by atoms with Crippen LogP contribution in [-0.2, 0) is 12.8 Å². The number of hydrogen-bond acceptors (Lipinski definition) is 5. The van der Waals surface area contributed by atoms with Crippen LogP contribution in [0.5, 0.6) is 0 Å². The van der Waals surface area contributed by atoms with Crippen LogP contribution in [0, 0.1) is 11.3 Å². The van der Waals surface area contributed by atoms with E-state index in [1.54, 1.807) is 24.3 Å². The summed E-state index contributed by atoms with van der Waals surface area (Å²) in [7, 11) is 0. The van der Waals surface area contributed by atoms with E-state index < -0.39 is 24.2 Å². The number of nitrogens with zero attached hydrogens (tertiary/aromatic N) is 3. The van der Waals surface area contributed by atoms with E-state index in [0.717, 1.165) is 45.3 Å². The molecule has 2 N–H and O–H groups in total. The Morgan fingerprint density at radius 3 is 2.69 bits per heavy atom. The average Bonchev–Trinajstić information content (AvgIpc) is 3.35. The highest BCUT2D eigenvalue weighted by atomic mass is 79.9. The van der Waals surface area contributed by atoms with E-state index >= 15 is 0 Å². The molecule has 0 radical (unpaired) electrons. The Balaban J connectivity index is 1.49. The maximum Gasteiger partial charge on any atom is 0.410 e. The molecule has 0 saturated heterocycles. The van der Waals surface area contributed by atoms with Gasteiger partial charge in [0.05, 0.1) is 11.6 Å². The van der Waals surface area contributed by atoms with Crippen LogP contribution < -0.4 is 10.6 Å². The number of aryl methyl sites for hydroxylation is 1. The maximum atomic E-state index is 14.0. The zero-order valence-electron chi connectivity index (χ0n) is 18.0. The summed E-state index contributed by atoms with van der Waals surface area (Å²) in [5.41, 5.74) is 1.67. The Kier molecular flexibility index (Phi) is 6.32. The average molecular weight is 585 g/mol. The Bertz CT molecular complexity index is 1350. The summed E-state index contributed by atoms with van der Waals surface area (Å²) in [5.74, 6) is -0.820. The maximum absolute atomic E-state index is 14.0. The van der Waals surface area contributed by atoms with Gasteiger partial charge in [0.2, 0.25) is 0 Å². The highest BCUT2D eigenvalue weighted by Crippen LogP contribution is 2.46. The molecule has 1 amide bonds. The minimum Gasteiger partial charge on any atom is -0.362 e. The van der Waals surface area contributed by atoms with Crippen molar-refractivity contribution >= 4 is 55.6 Å². The smallest absolute Gasteiger partial charge is 0.362 e. The topological polar surface area (TPSA) is 82.7 Å². The van der Waals surface area contributed by atoms with Crippen LogP contribution in [0.1, 0.15) is 63.4 Å². The Morgan fingerprint density at radius 2 is 2.00 bits per heavy atom. The highest BCUT2D eigenvalue weighted by Gasteiger charge is 2.48. The second-order valence-electron chi connectivity index (χ2n) is 8.48. The fraction of sp³-hybridized carbons (Fsp3) is 0.348. The number of hydrogen-bond donors (Lipinski definition) is 2. The van der Waals surface area contributed by atoms with Crippen molar-refractivity contribution in [3.8, 4) is 6.07 Å². The number of fused-ring (bicyclic) bond motifs is 2. The molecule has 1 aromatic carbocycles. The molecule has 1 aliphatic carbocycles. The lowest BCUT2D eigenvalue weighted by atomic mass is 9.96. The van der Waals surface area contributed by atoms with Crippen molar-refractivity contribution in [2.75, 3.05) is 10.6 Å². The number of nitrogens with one attached hydrogen (secondary N) is 2. The normalized spacial score (nSPS) is 19.3. The molecule has 0 unspecified atom stereocenters. The minimum atomic E-state index is -4.60. The van der Waals surface area contributed by atoms with E-state index in [4.69, 9.17) is 11.6 Å². The number of carbonyl (C=O) groups excluding carboxylic acids is 1. The molecule has 35 heavy (non-hydrogen) atoms. The molecule has 3 heterocycles. The molecule has 0 bridgehead atoms. The SMILES string of the molecule is N#Cc1c(NC(=O)c2nn3c(c2Cl)N[C@@H](c2ccc(Br)cc2)C[C@H]3C(F)(F)F)sc2c1CCCC2. The summed E-state index contributed by atoms with van der Waals surface area (Å²) in [5, 5.41) is 19.5. The molecular formula is C23H18BrClF3N5OS. The van der Waals surface area contributed by atoms with Gasteiger partial charge in [-0.15, -0.1) is 11.3 Å². The third kappa shape index (κ3) is 4.43. The first-order valence-electron chi connectivity index (χ1n) is 10.9. The molecule has 0 saturated carbocycles. The molecule has 1 aliphatic heterocycles. The van der Waals surface area contributed by atoms with Crippen LogP contribution in [0.3, 0.4) is 0 Å². The Hall–Kier alpha value is -2.55. The zero-order chi connectivity index (χ0) is 24.9. The van der Waals surface area contributed by atoms with Gasteiger partial charge in [-0.2, -0.15) is 23.5 Å². The van der Waals surface area contributed by atoms with Gasteiger partial charge in [0.15, 0.2) is 11.7 Å². The van der Waals surface area contributed by atoms with Crippen molar-refractivity contribution in [1.29, 1.82) is 5.26 Å². The number of rotatable bonds is 3. The number of alkyl halides is 3. The molecule has 2 aromatic heterocycles. The van der Waals surface area contributed by atoms with Crippen LogP contribution in [0.25, 0.3) is 0 Å². The number of nitriles is 1. The summed E-state index contributed by atoms with van der Waals surface area (Å²) in [6, 6.07) is 6.46. The highest BCUT2D eigenvalue weighted by molar-refractivity contribution is 9.10. The number of aromatic nitrogens is 2. The van der Waals surface area contributed by atoms with E-state index in [2.05, 4.69) is 37.7 Å². The summed E-state index contributed by atoms with van der Waals surface area (Å²) in [4.78, 5) is 14.1. The third-order valence-corrected chi connectivity index (χ3v) is 8.39. The predicted octanol–water partition coefficient (Wildman–Crippen LogP) is 7.02. The fourth-order valence-corrected chi connectivity index (χ4v) is 6.35. The number of amides is 1. The molecule has 2 atom stereocenters. The van der Waals surface area contributed by atoms with Crippen LogP contribution in [0.15, 0.2) is 28.7 Å². The van der Waals surface area contributed by atoms with Crippen molar-refractivity contribution in [2.45, 2.75) is 50.4 Å². The number of anilines is 2. The van der Waals surface area contributed by atoms with Gasteiger partial charge in [0.1, 0.15) is 21.9 Å². The number of benzene rings is 1. The van der Waals surface area contributed by atoms with Gasteiger partial charge >= 0.3 is 6.18 Å². The number of halogens is 5. The molecule has 6 nitrogen and oxygen atoms in total. The van der Waals surface area contributed by atoms with Gasteiger partial charge in [0, 0.05) is 15.8 Å². The Labute approximate surface area is 216 Å². The van der Waals surface area contributed by atoms with Crippen molar-refractivity contribution in [1.82, 2.24) is 9.78 Å². The molecule has 5 rings (SSSR count). The molecule has 3 aromatic rings. The number of thiophene rings is 1.